The molecule has 2 aliphatic heterocycles. The molecule has 0 aromatic rings. The van der Waals surface area contributed by atoms with Gasteiger partial charge in [0.25, 0.3) is 0 Å². The SMILES string of the molecule is C1=COCC1.C=C(Br)CBr.C=C(Br)CC(O)CCCO.OC1CCCO1. The lowest BCUT2D eigenvalue weighted by Gasteiger charge is -2.06. The summed E-state index contributed by atoms with van der Waals surface area (Å²) in [6.45, 7) is 8.91. The summed E-state index contributed by atoms with van der Waals surface area (Å²) < 4.78 is 11.3. The van der Waals surface area contributed by atoms with Gasteiger partial charge in [-0.25, -0.2) is 0 Å². The third kappa shape index (κ3) is 26.5. The summed E-state index contributed by atoms with van der Waals surface area (Å²) in [5.41, 5.74) is 0. The smallest absolute Gasteiger partial charge is 0.154 e. The molecule has 2 rings (SSSR count). The monoisotopic (exact) mass is 564 g/mol. The fourth-order valence-corrected chi connectivity index (χ4v) is 1.96. The highest BCUT2D eigenvalue weighted by molar-refractivity contribution is 9.13. The molecule has 2 heterocycles. The third-order valence-corrected chi connectivity index (χ3v) is 4.83. The second kappa shape index (κ2) is 21.6. The summed E-state index contributed by atoms with van der Waals surface area (Å²) in [5, 5.41) is 26.9. The van der Waals surface area contributed by atoms with Gasteiger partial charge in [0, 0.05) is 37.8 Å². The van der Waals surface area contributed by atoms with E-state index in [1.54, 1.807) is 6.26 Å². The number of halogens is 3. The van der Waals surface area contributed by atoms with E-state index in [0.29, 0.717) is 19.3 Å². The molecule has 154 valence electrons. The molecule has 0 aromatic carbocycles. The minimum atomic E-state index is -0.454. The molecule has 0 saturated carbocycles. The molecule has 2 aliphatic rings. The molecule has 0 radical (unpaired) electrons. The van der Waals surface area contributed by atoms with Crippen molar-refractivity contribution in [2.24, 2.45) is 0 Å². The van der Waals surface area contributed by atoms with Gasteiger partial charge in [-0.1, -0.05) is 60.9 Å². The maximum atomic E-state index is 9.15. The zero-order valence-electron chi connectivity index (χ0n) is 15.1. The van der Waals surface area contributed by atoms with Crippen molar-refractivity contribution in [1.82, 2.24) is 0 Å². The van der Waals surface area contributed by atoms with Gasteiger partial charge in [0.1, 0.15) is 0 Å². The van der Waals surface area contributed by atoms with Gasteiger partial charge in [0.15, 0.2) is 6.29 Å². The molecular weight excluding hydrogens is 536 g/mol. The molecule has 1 fully saturated rings. The second-order valence-electron chi connectivity index (χ2n) is 5.39. The van der Waals surface area contributed by atoms with Gasteiger partial charge in [-0.15, -0.1) is 0 Å². The molecule has 26 heavy (non-hydrogen) atoms. The summed E-state index contributed by atoms with van der Waals surface area (Å²) in [6.07, 6.45) is 7.73. The number of aliphatic hydroxyl groups excluding tert-OH is 3. The largest absolute Gasteiger partial charge is 0.501 e. The van der Waals surface area contributed by atoms with Crippen molar-refractivity contribution in [3.8, 4) is 0 Å². The van der Waals surface area contributed by atoms with Gasteiger partial charge in [-0.05, 0) is 34.3 Å². The van der Waals surface area contributed by atoms with Crippen molar-refractivity contribution < 1.29 is 24.8 Å². The molecular formula is C18H31Br3O5. The van der Waals surface area contributed by atoms with E-state index in [-0.39, 0.29) is 12.7 Å². The Bertz CT molecular complexity index is 366. The lowest BCUT2D eigenvalue weighted by molar-refractivity contribution is -0.0589. The number of rotatable bonds is 6. The zero-order valence-corrected chi connectivity index (χ0v) is 19.8. The Morgan fingerprint density at radius 3 is 2.12 bits per heavy atom. The predicted molar refractivity (Wildman–Crippen MR) is 118 cm³/mol. The Labute approximate surface area is 182 Å². The molecule has 8 heteroatoms. The van der Waals surface area contributed by atoms with Crippen LogP contribution in [-0.2, 0) is 9.47 Å². The number of hydrogen-bond donors (Lipinski definition) is 3. The first-order valence-corrected chi connectivity index (χ1v) is 11.1. The molecule has 0 aliphatic carbocycles. The minimum absolute atomic E-state index is 0.145. The Balaban J connectivity index is 0. The van der Waals surface area contributed by atoms with Crippen LogP contribution in [0.1, 0.15) is 38.5 Å². The standard InChI is InChI=1S/C7H13BrO2.C4H8O2.C4H6O.C3H4Br2/c1-6(8)5-7(10)3-2-4-9;5-4-2-1-3-6-4;1-2-4-5-3-1;1-3(5)2-4/h7,9-10H,1-5H2;4-5H,1-3H2;1,3H,2,4H2;1-2H2. The van der Waals surface area contributed by atoms with Crippen LogP contribution in [0.5, 0.6) is 0 Å². The fraction of sp³-hybridized carbons (Fsp3) is 0.667. The topological polar surface area (TPSA) is 79.2 Å². The first-order valence-electron chi connectivity index (χ1n) is 8.41. The van der Waals surface area contributed by atoms with E-state index >= 15 is 0 Å². The Kier molecular flexibility index (Phi) is 23.7. The molecule has 3 N–H and O–H groups in total. The summed E-state index contributed by atoms with van der Waals surface area (Å²) in [6, 6.07) is 0. The van der Waals surface area contributed by atoms with Crippen LogP contribution in [-0.4, -0.2) is 52.9 Å². The number of alkyl halides is 1. The van der Waals surface area contributed by atoms with Crippen molar-refractivity contribution in [2.75, 3.05) is 25.2 Å². The summed E-state index contributed by atoms with van der Waals surface area (Å²) in [4.78, 5) is 0. The van der Waals surface area contributed by atoms with E-state index in [2.05, 4.69) is 60.9 Å². The maximum Gasteiger partial charge on any atom is 0.154 e. The molecule has 0 amide bonds. The van der Waals surface area contributed by atoms with Gasteiger partial charge in [0.05, 0.1) is 19.0 Å². The van der Waals surface area contributed by atoms with Crippen molar-refractivity contribution in [1.29, 1.82) is 0 Å². The molecule has 5 nitrogen and oxygen atoms in total. The van der Waals surface area contributed by atoms with E-state index < -0.39 is 6.29 Å². The van der Waals surface area contributed by atoms with Crippen LogP contribution in [0.25, 0.3) is 0 Å². The highest BCUT2D eigenvalue weighted by atomic mass is 79.9. The van der Waals surface area contributed by atoms with Crippen molar-refractivity contribution in [3.05, 3.63) is 34.5 Å². The average molecular weight is 567 g/mol. The van der Waals surface area contributed by atoms with E-state index in [1.807, 2.05) is 6.08 Å². The first kappa shape index (κ1) is 28.5. The van der Waals surface area contributed by atoms with E-state index in [9.17, 15) is 0 Å². The van der Waals surface area contributed by atoms with Crippen molar-refractivity contribution in [2.45, 2.75) is 50.9 Å². The lowest BCUT2D eigenvalue weighted by atomic mass is 10.1. The third-order valence-electron chi connectivity index (χ3n) is 2.80. The van der Waals surface area contributed by atoms with Crippen LogP contribution in [0.15, 0.2) is 34.5 Å². The minimum Gasteiger partial charge on any atom is -0.501 e. The zero-order chi connectivity index (χ0) is 20.2. The number of hydrogen-bond acceptors (Lipinski definition) is 5. The fourth-order valence-electron chi connectivity index (χ4n) is 1.59. The molecule has 0 aromatic heterocycles. The van der Waals surface area contributed by atoms with Crippen LogP contribution >= 0.6 is 47.8 Å². The normalized spacial score (nSPS) is 18.2. The van der Waals surface area contributed by atoms with Gasteiger partial charge in [-0.3, -0.25) is 0 Å². The van der Waals surface area contributed by atoms with Crippen LogP contribution in [0.2, 0.25) is 0 Å². The van der Waals surface area contributed by atoms with Crippen LogP contribution < -0.4 is 0 Å². The number of ether oxygens (including phenoxy) is 2. The van der Waals surface area contributed by atoms with Crippen molar-refractivity contribution in [3.63, 3.8) is 0 Å². The molecule has 0 spiro atoms. The Morgan fingerprint density at radius 1 is 1.23 bits per heavy atom. The summed E-state index contributed by atoms with van der Waals surface area (Å²) in [5.74, 6) is 0. The highest BCUT2D eigenvalue weighted by Crippen LogP contribution is 2.12. The molecule has 2 unspecified atom stereocenters. The first-order chi connectivity index (χ1) is 12.3. The Morgan fingerprint density at radius 2 is 1.88 bits per heavy atom. The van der Waals surface area contributed by atoms with Crippen molar-refractivity contribution >= 4 is 47.8 Å². The Hall–Kier alpha value is 0.300. The van der Waals surface area contributed by atoms with Gasteiger partial charge in [0.2, 0.25) is 0 Å². The molecule has 1 saturated heterocycles. The maximum absolute atomic E-state index is 9.15. The number of allylic oxidation sites excluding steroid dienone is 1. The summed E-state index contributed by atoms with van der Waals surface area (Å²) >= 11 is 9.45. The lowest BCUT2D eigenvalue weighted by Crippen LogP contribution is -2.06. The van der Waals surface area contributed by atoms with Gasteiger partial charge >= 0.3 is 0 Å². The molecule has 2 atom stereocenters. The predicted octanol–water partition coefficient (Wildman–Crippen LogP) is 4.74. The van der Waals surface area contributed by atoms with E-state index in [4.69, 9.17) is 24.8 Å². The van der Waals surface area contributed by atoms with E-state index in [1.165, 1.54) is 0 Å². The highest BCUT2D eigenvalue weighted by Gasteiger charge is 2.09. The number of aliphatic hydroxyl groups is 3. The quantitative estimate of drug-likeness (QED) is 0.405. The van der Waals surface area contributed by atoms with E-state index in [0.717, 1.165) is 46.8 Å². The second-order valence-corrected chi connectivity index (χ2v) is 8.19. The average Bonchev–Trinajstić information content (AvgIpc) is 3.29. The van der Waals surface area contributed by atoms with Crippen LogP contribution in [0.3, 0.4) is 0 Å². The molecule has 0 bridgehead atoms. The van der Waals surface area contributed by atoms with Gasteiger partial charge < -0.3 is 24.8 Å². The van der Waals surface area contributed by atoms with Crippen LogP contribution in [0.4, 0.5) is 0 Å². The van der Waals surface area contributed by atoms with Crippen LogP contribution in [0, 0.1) is 0 Å². The van der Waals surface area contributed by atoms with Gasteiger partial charge in [-0.2, -0.15) is 0 Å². The summed E-state index contributed by atoms with van der Waals surface area (Å²) in [7, 11) is 0.